The number of alkyl halides is 3. The van der Waals surface area contributed by atoms with Gasteiger partial charge in [-0.2, -0.15) is 13.2 Å². The van der Waals surface area contributed by atoms with E-state index in [0.717, 1.165) is 0 Å². The molecule has 0 radical (unpaired) electrons. The highest BCUT2D eigenvalue weighted by molar-refractivity contribution is 9.10. The molecule has 0 bridgehead atoms. The Kier molecular flexibility index (Phi) is 3.03. The van der Waals surface area contributed by atoms with Crippen molar-refractivity contribution in [2.75, 3.05) is 0 Å². The summed E-state index contributed by atoms with van der Waals surface area (Å²) in [7, 11) is 0. The van der Waals surface area contributed by atoms with Crippen LogP contribution in [0.2, 0.25) is 0 Å². The van der Waals surface area contributed by atoms with Gasteiger partial charge >= 0.3 is 6.18 Å². The largest absolute Gasteiger partial charge is 0.416 e. The van der Waals surface area contributed by atoms with Gasteiger partial charge in [0.25, 0.3) is 5.91 Å². The molecular formula is C8H4BrF4NO. The number of nitrogens with two attached hydrogens (primary N) is 1. The summed E-state index contributed by atoms with van der Waals surface area (Å²) >= 11 is 2.57. The van der Waals surface area contributed by atoms with Gasteiger partial charge in [0.1, 0.15) is 5.82 Å². The van der Waals surface area contributed by atoms with Crippen molar-refractivity contribution < 1.29 is 22.4 Å². The third-order valence-corrected chi connectivity index (χ3v) is 2.20. The first-order valence-corrected chi connectivity index (χ1v) is 4.39. The fraction of sp³-hybridized carbons (Fsp3) is 0.125. The fourth-order valence-electron chi connectivity index (χ4n) is 0.932. The second-order valence-corrected chi connectivity index (χ2v) is 3.54. The average Bonchev–Trinajstić information content (AvgIpc) is 2.06. The molecule has 15 heavy (non-hydrogen) atoms. The first-order valence-electron chi connectivity index (χ1n) is 3.59. The number of halogens is 5. The average molecular weight is 286 g/mol. The molecule has 0 atom stereocenters. The van der Waals surface area contributed by atoms with Crippen LogP contribution in [0.1, 0.15) is 15.9 Å². The highest BCUT2D eigenvalue weighted by Gasteiger charge is 2.32. The molecule has 1 amide bonds. The van der Waals surface area contributed by atoms with Crippen LogP contribution in [0, 0.1) is 5.82 Å². The van der Waals surface area contributed by atoms with Crippen LogP contribution in [0.4, 0.5) is 17.6 Å². The second kappa shape index (κ2) is 3.80. The Morgan fingerprint density at radius 1 is 1.33 bits per heavy atom. The summed E-state index contributed by atoms with van der Waals surface area (Å²) in [6, 6.07) is 0.921. The molecule has 0 aliphatic heterocycles. The van der Waals surface area contributed by atoms with Crippen LogP contribution < -0.4 is 5.73 Å². The van der Waals surface area contributed by atoms with Gasteiger partial charge in [-0.15, -0.1) is 0 Å². The summed E-state index contributed by atoms with van der Waals surface area (Å²) in [5.74, 6) is -2.35. The van der Waals surface area contributed by atoms with Gasteiger partial charge in [-0.1, -0.05) is 0 Å². The zero-order chi connectivity index (χ0) is 11.8. The molecule has 0 saturated carbocycles. The zero-order valence-electron chi connectivity index (χ0n) is 7.03. The lowest BCUT2D eigenvalue weighted by Gasteiger charge is -2.09. The van der Waals surface area contributed by atoms with Gasteiger partial charge < -0.3 is 5.73 Å². The maximum Gasteiger partial charge on any atom is 0.416 e. The Bertz CT molecular complexity index is 416. The van der Waals surface area contributed by atoms with Crippen molar-refractivity contribution in [2.45, 2.75) is 6.18 Å². The molecule has 1 aromatic carbocycles. The normalized spacial score (nSPS) is 11.5. The molecule has 0 heterocycles. The third kappa shape index (κ3) is 2.47. The summed E-state index contributed by atoms with van der Waals surface area (Å²) < 4.78 is 49.4. The van der Waals surface area contributed by atoms with Crippen molar-refractivity contribution in [1.82, 2.24) is 0 Å². The Labute approximate surface area is 90.2 Å². The van der Waals surface area contributed by atoms with Crippen LogP contribution in [0.25, 0.3) is 0 Å². The maximum absolute atomic E-state index is 13.1. The minimum atomic E-state index is -4.65. The number of carbonyl (C=O) groups is 1. The highest BCUT2D eigenvalue weighted by Crippen LogP contribution is 2.33. The molecule has 0 fully saturated rings. The number of benzene rings is 1. The smallest absolute Gasteiger partial charge is 0.366 e. The predicted octanol–water partition coefficient (Wildman–Crippen LogP) is 2.71. The number of carbonyl (C=O) groups excluding carboxylic acids is 1. The molecule has 1 aromatic rings. The fourth-order valence-corrected chi connectivity index (χ4v) is 1.39. The van der Waals surface area contributed by atoms with Crippen LogP contribution in [0.15, 0.2) is 16.6 Å². The molecule has 2 N–H and O–H groups in total. The van der Waals surface area contributed by atoms with E-state index >= 15 is 0 Å². The Balaban J connectivity index is 3.43. The van der Waals surface area contributed by atoms with E-state index in [-0.39, 0.29) is 0 Å². The van der Waals surface area contributed by atoms with E-state index in [4.69, 9.17) is 5.73 Å². The number of hydrogen-bond donors (Lipinski definition) is 1. The van der Waals surface area contributed by atoms with E-state index in [0.29, 0.717) is 12.1 Å². The summed E-state index contributed by atoms with van der Waals surface area (Å²) in [5.41, 5.74) is 2.80. The number of hydrogen-bond acceptors (Lipinski definition) is 1. The van der Waals surface area contributed by atoms with Gasteiger partial charge in [0.05, 0.1) is 15.6 Å². The van der Waals surface area contributed by atoms with Crippen molar-refractivity contribution in [1.29, 1.82) is 0 Å². The molecule has 82 valence electrons. The lowest BCUT2D eigenvalue weighted by molar-refractivity contribution is -0.137. The molecule has 0 aromatic heterocycles. The van der Waals surface area contributed by atoms with Crippen molar-refractivity contribution in [2.24, 2.45) is 5.73 Å². The van der Waals surface area contributed by atoms with E-state index in [1.807, 2.05) is 0 Å². The third-order valence-electron chi connectivity index (χ3n) is 1.62. The molecular weight excluding hydrogens is 282 g/mol. The number of amides is 1. The van der Waals surface area contributed by atoms with Crippen molar-refractivity contribution in [3.63, 3.8) is 0 Å². The highest BCUT2D eigenvalue weighted by atomic mass is 79.9. The summed E-state index contributed by atoms with van der Waals surface area (Å²) in [5, 5.41) is 0. The summed E-state index contributed by atoms with van der Waals surface area (Å²) in [6.45, 7) is 0. The predicted molar refractivity (Wildman–Crippen MR) is 47.6 cm³/mol. The van der Waals surface area contributed by atoms with Crippen molar-refractivity contribution >= 4 is 21.8 Å². The van der Waals surface area contributed by atoms with Crippen molar-refractivity contribution in [3.8, 4) is 0 Å². The minimum Gasteiger partial charge on any atom is -0.366 e. The van der Waals surface area contributed by atoms with E-state index in [9.17, 15) is 22.4 Å². The monoisotopic (exact) mass is 285 g/mol. The second-order valence-electron chi connectivity index (χ2n) is 2.68. The SMILES string of the molecule is NC(=O)c1cc(C(F)(F)F)cc(Br)c1F. The summed E-state index contributed by atoms with van der Waals surface area (Å²) in [4.78, 5) is 10.6. The van der Waals surface area contributed by atoms with Gasteiger partial charge in [0, 0.05) is 0 Å². The van der Waals surface area contributed by atoms with Gasteiger partial charge in [0.15, 0.2) is 0 Å². The van der Waals surface area contributed by atoms with Crippen LogP contribution in [0.5, 0.6) is 0 Å². The molecule has 2 nitrogen and oxygen atoms in total. The molecule has 0 unspecified atom stereocenters. The van der Waals surface area contributed by atoms with E-state index in [2.05, 4.69) is 15.9 Å². The lowest BCUT2D eigenvalue weighted by atomic mass is 10.1. The molecule has 0 aliphatic carbocycles. The van der Waals surface area contributed by atoms with Crippen LogP contribution in [0.3, 0.4) is 0 Å². The van der Waals surface area contributed by atoms with Gasteiger partial charge in [0.2, 0.25) is 0 Å². The van der Waals surface area contributed by atoms with E-state index in [1.54, 1.807) is 0 Å². The number of rotatable bonds is 1. The molecule has 0 aliphatic rings. The molecule has 7 heteroatoms. The standard InChI is InChI=1S/C8H4BrF4NO/c9-5-2-3(8(11,12)13)1-4(6(5)10)7(14)15/h1-2H,(H2,14,15). The summed E-state index contributed by atoms with van der Waals surface area (Å²) in [6.07, 6.45) is -4.65. The first-order chi connectivity index (χ1) is 6.73. The maximum atomic E-state index is 13.1. The van der Waals surface area contributed by atoms with Crippen molar-refractivity contribution in [3.05, 3.63) is 33.5 Å². The van der Waals surface area contributed by atoms with Gasteiger partial charge in [-0.05, 0) is 28.1 Å². The van der Waals surface area contributed by atoms with Gasteiger partial charge in [-0.25, -0.2) is 4.39 Å². The Morgan fingerprint density at radius 3 is 2.27 bits per heavy atom. The van der Waals surface area contributed by atoms with Gasteiger partial charge in [-0.3, -0.25) is 4.79 Å². The lowest BCUT2D eigenvalue weighted by Crippen LogP contribution is -2.16. The van der Waals surface area contributed by atoms with Crippen LogP contribution in [-0.4, -0.2) is 5.91 Å². The number of primary amides is 1. The minimum absolute atomic E-state index is 0.377. The van der Waals surface area contributed by atoms with E-state index < -0.39 is 33.5 Å². The van der Waals surface area contributed by atoms with Crippen LogP contribution >= 0.6 is 15.9 Å². The molecule has 1 rings (SSSR count). The first kappa shape index (κ1) is 12.0. The topological polar surface area (TPSA) is 43.1 Å². The van der Waals surface area contributed by atoms with Crippen LogP contribution in [-0.2, 0) is 6.18 Å². The Hall–Kier alpha value is -1.11. The Morgan fingerprint density at radius 2 is 1.87 bits per heavy atom. The quantitative estimate of drug-likeness (QED) is 0.792. The van der Waals surface area contributed by atoms with E-state index in [1.165, 1.54) is 0 Å². The molecule has 0 spiro atoms. The molecule has 0 saturated heterocycles. The zero-order valence-corrected chi connectivity index (χ0v) is 8.62.